The van der Waals surface area contributed by atoms with E-state index in [1.165, 1.54) is 0 Å². The van der Waals surface area contributed by atoms with Crippen LogP contribution in [-0.4, -0.2) is 36.7 Å². The maximum absolute atomic E-state index is 9.26. The number of anilines is 1. The highest BCUT2D eigenvalue weighted by Gasteiger charge is 2.15. The highest BCUT2D eigenvalue weighted by molar-refractivity contribution is 6.07. The van der Waals surface area contributed by atoms with E-state index in [9.17, 15) is 5.11 Å². The van der Waals surface area contributed by atoms with Crippen molar-refractivity contribution >= 4 is 27.9 Å². The van der Waals surface area contributed by atoms with Crippen LogP contribution in [0, 0.1) is 0 Å². The van der Waals surface area contributed by atoms with Crippen LogP contribution < -0.4 is 5.32 Å². The molecule has 7 heteroatoms. The molecule has 4 aromatic heterocycles. The van der Waals surface area contributed by atoms with Gasteiger partial charge >= 0.3 is 0 Å². The number of nitrogens with one attached hydrogen (secondary N) is 2. The van der Waals surface area contributed by atoms with Gasteiger partial charge in [0.05, 0.1) is 35.5 Å². The maximum Gasteiger partial charge on any atom is 0.156 e. The molecule has 4 rings (SSSR count). The Bertz CT molecular complexity index is 1020. The Morgan fingerprint density at radius 1 is 1.30 bits per heavy atom. The highest BCUT2D eigenvalue weighted by Crippen LogP contribution is 2.31. The van der Waals surface area contributed by atoms with Crippen molar-refractivity contribution in [2.24, 2.45) is 7.05 Å². The van der Waals surface area contributed by atoms with E-state index in [1.54, 1.807) is 12.4 Å². The van der Waals surface area contributed by atoms with E-state index in [0.717, 1.165) is 39.3 Å². The highest BCUT2D eigenvalue weighted by atomic mass is 16.3. The normalized spacial score (nSPS) is 11.4. The van der Waals surface area contributed by atoms with E-state index >= 15 is 0 Å². The first-order valence-electron chi connectivity index (χ1n) is 7.30. The van der Waals surface area contributed by atoms with Gasteiger partial charge in [-0.1, -0.05) is 6.07 Å². The Hall–Kier alpha value is -2.93. The Kier molecular flexibility index (Phi) is 3.02. The molecule has 3 N–H and O–H groups in total. The molecule has 0 radical (unpaired) electrons. The van der Waals surface area contributed by atoms with Gasteiger partial charge < -0.3 is 20.0 Å². The molecule has 0 aliphatic rings. The smallest absolute Gasteiger partial charge is 0.156 e. The van der Waals surface area contributed by atoms with E-state index in [2.05, 4.69) is 25.3 Å². The number of aliphatic hydroxyl groups is 1. The number of hydrogen-bond acceptors (Lipinski definition) is 5. The molecule has 0 aliphatic heterocycles. The summed E-state index contributed by atoms with van der Waals surface area (Å²) in [5, 5.41) is 13.3. The van der Waals surface area contributed by atoms with Crippen LogP contribution >= 0.6 is 0 Å². The van der Waals surface area contributed by atoms with Crippen molar-refractivity contribution in [2.45, 2.75) is 6.61 Å². The molecule has 116 valence electrons. The number of fused-ring (bicyclic) bond motifs is 3. The largest absolute Gasteiger partial charge is 0.390 e. The van der Waals surface area contributed by atoms with Crippen LogP contribution in [0.15, 0.2) is 30.6 Å². The number of aryl methyl sites for hydroxylation is 1. The molecule has 0 atom stereocenters. The number of pyridine rings is 2. The zero-order valence-corrected chi connectivity index (χ0v) is 12.8. The van der Waals surface area contributed by atoms with Gasteiger partial charge in [0.25, 0.3) is 0 Å². The fourth-order valence-electron chi connectivity index (χ4n) is 2.83. The molecule has 0 fully saturated rings. The van der Waals surface area contributed by atoms with Crippen molar-refractivity contribution in [3.63, 3.8) is 0 Å². The van der Waals surface area contributed by atoms with Crippen molar-refractivity contribution in [3.05, 3.63) is 36.3 Å². The van der Waals surface area contributed by atoms with E-state index in [1.807, 2.05) is 36.9 Å². The van der Waals surface area contributed by atoms with Gasteiger partial charge in [-0.05, 0) is 18.2 Å². The van der Waals surface area contributed by atoms with Crippen LogP contribution in [-0.2, 0) is 13.7 Å². The van der Waals surface area contributed by atoms with E-state index in [-0.39, 0.29) is 6.61 Å². The third-order valence-electron chi connectivity index (χ3n) is 3.92. The van der Waals surface area contributed by atoms with Gasteiger partial charge in [0.2, 0.25) is 0 Å². The first-order chi connectivity index (χ1) is 11.2. The van der Waals surface area contributed by atoms with Crippen molar-refractivity contribution in [3.8, 4) is 11.4 Å². The van der Waals surface area contributed by atoms with Gasteiger partial charge in [-0.3, -0.25) is 0 Å². The summed E-state index contributed by atoms with van der Waals surface area (Å²) in [6.45, 7) is -0.0812. The summed E-state index contributed by atoms with van der Waals surface area (Å²) in [4.78, 5) is 16.8. The monoisotopic (exact) mass is 308 g/mol. The number of nitrogens with zero attached hydrogens (tertiary/aromatic N) is 4. The summed E-state index contributed by atoms with van der Waals surface area (Å²) in [6.07, 6.45) is 1.78. The molecule has 0 saturated carbocycles. The average Bonchev–Trinajstić information content (AvgIpc) is 3.17. The minimum atomic E-state index is -0.0812. The second-order valence-corrected chi connectivity index (χ2v) is 5.38. The number of aromatic amines is 1. The summed E-state index contributed by atoms with van der Waals surface area (Å²) in [7, 11) is 3.80. The molecule has 4 aromatic rings. The zero-order chi connectivity index (χ0) is 16.0. The van der Waals surface area contributed by atoms with Gasteiger partial charge in [0.15, 0.2) is 5.82 Å². The molecule has 7 nitrogen and oxygen atoms in total. The summed E-state index contributed by atoms with van der Waals surface area (Å²) >= 11 is 0. The lowest BCUT2D eigenvalue weighted by atomic mass is 10.2. The van der Waals surface area contributed by atoms with E-state index in [4.69, 9.17) is 0 Å². The second kappa shape index (κ2) is 5.06. The molecule has 0 amide bonds. The summed E-state index contributed by atoms with van der Waals surface area (Å²) < 4.78 is 1.98. The summed E-state index contributed by atoms with van der Waals surface area (Å²) in [5.74, 6) is 0.735. The van der Waals surface area contributed by atoms with Gasteiger partial charge in [-0.2, -0.15) is 0 Å². The Balaban J connectivity index is 2.00. The van der Waals surface area contributed by atoms with Crippen LogP contribution in [0.3, 0.4) is 0 Å². The lowest BCUT2D eigenvalue weighted by Crippen LogP contribution is -1.95. The molecule has 0 aromatic carbocycles. The van der Waals surface area contributed by atoms with Crippen molar-refractivity contribution in [2.75, 3.05) is 12.4 Å². The minimum absolute atomic E-state index is 0.0812. The molecule has 0 unspecified atom stereocenters. The Morgan fingerprint density at radius 2 is 2.17 bits per heavy atom. The van der Waals surface area contributed by atoms with Crippen LogP contribution in [0.2, 0.25) is 0 Å². The minimum Gasteiger partial charge on any atom is -0.390 e. The average molecular weight is 308 g/mol. The zero-order valence-electron chi connectivity index (χ0n) is 12.8. The van der Waals surface area contributed by atoms with Gasteiger partial charge in [-0.25, -0.2) is 15.0 Å². The lowest BCUT2D eigenvalue weighted by Gasteiger charge is -2.02. The molecule has 0 aliphatic carbocycles. The molecule has 0 saturated heterocycles. The third-order valence-corrected chi connectivity index (χ3v) is 3.92. The number of aromatic nitrogens is 5. The Labute approximate surface area is 132 Å². The van der Waals surface area contributed by atoms with Crippen LogP contribution in [0.5, 0.6) is 0 Å². The van der Waals surface area contributed by atoms with Crippen molar-refractivity contribution < 1.29 is 5.11 Å². The third kappa shape index (κ3) is 2.05. The van der Waals surface area contributed by atoms with Crippen molar-refractivity contribution in [1.82, 2.24) is 24.5 Å². The van der Waals surface area contributed by atoms with Gasteiger partial charge in [0, 0.05) is 19.5 Å². The molecule has 23 heavy (non-hydrogen) atoms. The molecule has 4 heterocycles. The maximum atomic E-state index is 9.26. The number of aliphatic hydroxyl groups excluding tert-OH is 1. The number of H-pyrrole nitrogens is 1. The number of imidazole rings is 1. The summed E-state index contributed by atoms with van der Waals surface area (Å²) in [5.41, 5.74) is 4.90. The fourth-order valence-corrected chi connectivity index (χ4v) is 2.83. The van der Waals surface area contributed by atoms with E-state index in [0.29, 0.717) is 5.69 Å². The van der Waals surface area contributed by atoms with E-state index < -0.39 is 0 Å². The van der Waals surface area contributed by atoms with Crippen LogP contribution in [0.25, 0.3) is 33.5 Å². The quantitative estimate of drug-likeness (QED) is 0.539. The van der Waals surface area contributed by atoms with Crippen LogP contribution in [0.1, 0.15) is 5.69 Å². The SMILES string of the molecule is CNc1nc2[nH]c(-c3cccc(CO)n3)cc2c2c1ncn2C. The molecular formula is C16H16N6O. The first-order valence-corrected chi connectivity index (χ1v) is 7.30. The predicted molar refractivity (Wildman–Crippen MR) is 89.1 cm³/mol. The van der Waals surface area contributed by atoms with Gasteiger partial charge in [0.1, 0.15) is 11.2 Å². The topological polar surface area (TPSA) is 91.7 Å². The van der Waals surface area contributed by atoms with Crippen LogP contribution in [0.4, 0.5) is 5.82 Å². The number of hydrogen-bond donors (Lipinski definition) is 3. The fraction of sp³-hybridized carbons (Fsp3) is 0.188. The first kappa shape index (κ1) is 13.7. The number of rotatable bonds is 3. The lowest BCUT2D eigenvalue weighted by molar-refractivity contribution is 0.277. The molecule has 0 bridgehead atoms. The summed E-state index contributed by atoms with van der Waals surface area (Å²) in [6, 6.07) is 7.60. The standard InChI is InChI=1S/C16H16N6O/c1-17-16-13-14(22(2)8-18-13)10-6-12(20-15(10)21-16)11-5-3-4-9(7-23)19-11/h3-6,8,23H,7H2,1-2H3,(H2,17,20,21). The second-order valence-electron chi connectivity index (χ2n) is 5.38. The van der Waals surface area contributed by atoms with Gasteiger partial charge in [-0.15, -0.1) is 0 Å². The predicted octanol–water partition coefficient (Wildman–Crippen LogP) is 2.05. The Morgan fingerprint density at radius 3 is 2.96 bits per heavy atom. The van der Waals surface area contributed by atoms with Crippen molar-refractivity contribution in [1.29, 1.82) is 0 Å². The molecular weight excluding hydrogens is 292 g/mol. The molecule has 0 spiro atoms.